The summed E-state index contributed by atoms with van der Waals surface area (Å²) in [5.74, 6) is -0.321. The molecule has 1 aliphatic heterocycles. The van der Waals surface area contributed by atoms with Crippen LogP contribution < -0.4 is 0 Å². The summed E-state index contributed by atoms with van der Waals surface area (Å²) in [7, 11) is 0. The van der Waals surface area contributed by atoms with Crippen LogP contribution in [0.1, 0.15) is 24.8 Å². The van der Waals surface area contributed by atoms with Gasteiger partial charge < -0.3 is 0 Å². The van der Waals surface area contributed by atoms with Crippen LogP contribution in [0, 0.1) is 5.95 Å². The van der Waals surface area contributed by atoms with E-state index in [-0.39, 0.29) is 5.95 Å². The van der Waals surface area contributed by atoms with Crippen molar-refractivity contribution in [1.82, 2.24) is 9.88 Å². The van der Waals surface area contributed by atoms with Crippen LogP contribution in [0.5, 0.6) is 0 Å². The average Bonchev–Trinajstić information content (AvgIpc) is 2.23. The standard InChI is InChI=1S/C11H15FN2/c12-11-10(5-4-6-13-11)9-14-7-2-1-3-8-14/h4-6H,1-3,7-9H2. The Morgan fingerprint density at radius 3 is 2.79 bits per heavy atom. The summed E-state index contributed by atoms with van der Waals surface area (Å²) in [6.07, 6.45) is 5.28. The van der Waals surface area contributed by atoms with E-state index in [1.54, 1.807) is 6.07 Å². The molecule has 0 radical (unpaired) electrons. The van der Waals surface area contributed by atoms with E-state index in [0.29, 0.717) is 6.54 Å². The maximum absolute atomic E-state index is 13.2. The molecule has 1 aromatic heterocycles. The lowest BCUT2D eigenvalue weighted by atomic mass is 10.1. The first-order valence-corrected chi connectivity index (χ1v) is 5.18. The lowest BCUT2D eigenvalue weighted by Gasteiger charge is -2.26. The van der Waals surface area contributed by atoms with Crippen molar-refractivity contribution in [2.75, 3.05) is 13.1 Å². The molecule has 0 unspecified atom stereocenters. The van der Waals surface area contributed by atoms with Gasteiger partial charge in [0.05, 0.1) is 0 Å². The fourth-order valence-electron chi connectivity index (χ4n) is 1.90. The molecule has 2 nitrogen and oxygen atoms in total. The van der Waals surface area contributed by atoms with E-state index in [0.717, 1.165) is 18.7 Å². The Hall–Kier alpha value is -0.960. The Labute approximate surface area is 83.8 Å². The molecule has 0 bridgehead atoms. The Balaban J connectivity index is 1.99. The second-order valence-electron chi connectivity index (χ2n) is 3.79. The monoisotopic (exact) mass is 194 g/mol. The van der Waals surface area contributed by atoms with Gasteiger partial charge in [-0.15, -0.1) is 0 Å². The predicted molar refractivity (Wildman–Crippen MR) is 53.3 cm³/mol. The third-order valence-corrected chi connectivity index (χ3v) is 2.68. The Morgan fingerprint density at radius 1 is 1.29 bits per heavy atom. The molecule has 76 valence electrons. The second kappa shape index (κ2) is 4.51. The zero-order valence-electron chi connectivity index (χ0n) is 8.25. The van der Waals surface area contributed by atoms with Gasteiger partial charge in [-0.05, 0) is 32.0 Å². The van der Waals surface area contributed by atoms with Crippen molar-refractivity contribution in [3.63, 3.8) is 0 Å². The first-order chi connectivity index (χ1) is 6.86. The SMILES string of the molecule is Fc1ncccc1CN1CCCCC1. The minimum atomic E-state index is -0.321. The van der Waals surface area contributed by atoms with E-state index in [1.807, 2.05) is 6.07 Å². The van der Waals surface area contributed by atoms with E-state index in [2.05, 4.69) is 9.88 Å². The topological polar surface area (TPSA) is 16.1 Å². The van der Waals surface area contributed by atoms with Crippen LogP contribution in [0.25, 0.3) is 0 Å². The first-order valence-electron chi connectivity index (χ1n) is 5.18. The normalized spacial score (nSPS) is 18.4. The molecule has 1 aromatic rings. The minimum absolute atomic E-state index is 0.321. The van der Waals surface area contributed by atoms with E-state index in [9.17, 15) is 4.39 Å². The van der Waals surface area contributed by atoms with Gasteiger partial charge in [-0.1, -0.05) is 12.5 Å². The molecule has 0 N–H and O–H groups in total. The number of likely N-dealkylation sites (tertiary alicyclic amines) is 1. The van der Waals surface area contributed by atoms with Crippen molar-refractivity contribution in [2.24, 2.45) is 0 Å². The maximum Gasteiger partial charge on any atom is 0.217 e. The molecule has 0 aliphatic carbocycles. The van der Waals surface area contributed by atoms with Crippen LogP contribution in [0.15, 0.2) is 18.3 Å². The van der Waals surface area contributed by atoms with Gasteiger partial charge in [-0.2, -0.15) is 4.39 Å². The third kappa shape index (κ3) is 2.29. The zero-order chi connectivity index (χ0) is 9.80. The summed E-state index contributed by atoms with van der Waals surface area (Å²) in [6, 6.07) is 3.61. The smallest absolute Gasteiger partial charge is 0.217 e. The van der Waals surface area contributed by atoms with Gasteiger partial charge in [-0.25, -0.2) is 4.98 Å². The highest BCUT2D eigenvalue weighted by atomic mass is 19.1. The van der Waals surface area contributed by atoms with Crippen LogP contribution in [0.4, 0.5) is 4.39 Å². The predicted octanol–water partition coefficient (Wildman–Crippen LogP) is 2.21. The molecule has 0 amide bonds. The largest absolute Gasteiger partial charge is 0.299 e. The summed E-state index contributed by atoms with van der Waals surface area (Å²) in [6.45, 7) is 2.89. The van der Waals surface area contributed by atoms with Crippen LogP contribution >= 0.6 is 0 Å². The van der Waals surface area contributed by atoms with Crippen LogP contribution in [0.3, 0.4) is 0 Å². The molecule has 14 heavy (non-hydrogen) atoms. The van der Waals surface area contributed by atoms with Gasteiger partial charge in [0.1, 0.15) is 0 Å². The third-order valence-electron chi connectivity index (χ3n) is 2.68. The molecular formula is C11H15FN2. The van der Waals surface area contributed by atoms with E-state index >= 15 is 0 Å². The highest BCUT2D eigenvalue weighted by Gasteiger charge is 2.12. The van der Waals surface area contributed by atoms with Gasteiger partial charge in [0, 0.05) is 18.3 Å². The van der Waals surface area contributed by atoms with Crippen molar-refractivity contribution in [1.29, 1.82) is 0 Å². The van der Waals surface area contributed by atoms with E-state index in [4.69, 9.17) is 0 Å². The van der Waals surface area contributed by atoms with Crippen molar-refractivity contribution in [3.05, 3.63) is 29.8 Å². The number of hydrogen-bond acceptors (Lipinski definition) is 2. The molecule has 2 rings (SSSR count). The molecule has 3 heteroatoms. The van der Waals surface area contributed by atoms with Crippen molar-refractivity contribution in [2.45, 2.75) is 25.8 Å². The highest BCUT2D eigenvalue weighted by molar-refractivity contribution is 5.10. The maximum atomic E-state index is 13.2. The molecule has 1 saturated heterocycles. The Kier molecular flexibility index (Phi) is 3.09. The number of nitrogens with zero attached hydrogens (tertiary/aromatic N) is 2. The van der Waals surface area contributed by atoms with Crippen molar-refractivity contribution < 1.29 is 4.39 Å². The first kappa shape index (κ1) is 9.59. The summed E-state index contributed by atoms with van der Waals surface area (Å²) in [5.41, 5.74) is 0.717. The quantitative estimate of drug-likeness (QED) is 0.671. The second-order valence-corrected chi connectivity index (χ2v) is 3.79. The number of halogens is 1. The summed E-state index contributed by atoms with van der Waals surface area (Å²) >= 11 is 0. The van der Waals surface area contributed by atoms with Gasteiger partial charge in [0.2, 0.25) is 5.95 Å². The molecule has 0 saturated carbocycles. The summed E-state index contributed by atoms with van der Waals surface area (Å²) in [5, 5.41) is 0. The number of rotatable bonds is 2. The van der Waals surface area contributed by atoms with Crippen LogP contribution in [-0.2, 0) is 6.54 Å². The summed E-state index contributed by atoms with van der Waals surface area (Å²) < 4.78 is 13.2. The van der Waals surface area contributed by atoms with E-state index < -0.39 is 0 Å². The molecule has 0 aromatic carbocycles. The molecule has 2 heterocycles. The molecule has 0 spiro atoms. The van der Waals surface area contributed by atoms with Crippen LogP contribution in [-0.4, -0.2) is 23.0 Å². The van der Waals surface area contributed by atoms with Gasteiger partial charge in [-0.3, -0.25) is 4.90 Å². The number of pyridine rings is 1. The van der Waals surface area contributed by atoms with E-state index in [1.165, 1.54) is 25.5 Å². The number of piperidine rings is 1. The fourth-order valence-corrected chi connectivity index (χ4v) is 1.90. The Morgan fingerprint density at radius 2 is 2.07 bits per heavy atom. The molecule has 1 fully saturated rings. The highest BCUT2D eigenvalue weighted by Crippen LogP contribution is 2.13. The van der Waals surface area contributed by atoms with Crippen molar-refractivity contribution in [3.8, 4) is 0 Å². The molecular weight excluding hydrogens is 179 g/mol. The van der Waals surface area contributed by atoms with Crippen molar-refractivity contribution >= 4 is 0 Å². The van der Waals surface area contributed by atoms with Gasteiger partial charge >= 0.3 is 0 Å². The lowest BCUT2D eigenvalue weighted by Crippen LogP contribution is -2.29. The molecule has 1 aliphatic rings. The minimum Gasteiger partial charge on any atom is -0.299 e. The summed E-state index contributed by atoms with van der Waals surface area (Å²) in [4.78, 5) is 5.95. The number of aromatic nitrogens is 1. The molecule has 0 atom stereocenters. The lowest BCUT2D eigenvalue weighted by molar-refractivity contribution is 0.217. The number of hydrogen-bond donors (Lipinski definition) is 0. The van der Waals surface area contributed by atoms with Gasteiger partial charge in [0.25, 0.3) is 0 Å². The zero-order valence-corrected chi connectivity index (χ0v) is 8.25. The average molecular weight is 194 g/mol. The van der Waals surface area contributed by atoms with Crippen LogP contribution in [0.2, 0.25) is 0 Å². The van der Waals surface area contributed by atoms with Gasteiger partial charge in [0.15, 0.2) is 0 Å². The fraction of sp³-hybridized carbons (Fsp3) is 0.545. The Bertz CT molecular complexity index is 295.